The number of amides is 1. The van der Waals surface area contributed by atoms with E-state index < -0.39 is 124 Å². The number of carbonyl (C=O) groups is 1. The van der Waals surface area contributed by atoms with Gasteiger partial charge in [-0.2, -0.15) is 0 Å². The van der Waals surface area contributed by atoms with Crippen molar-refractivity contribution in [3.63, 3.8) is 0 Å². The van der Waals surface area contributed by atoms with Gasteiger partial charge < -0.3 is 89.9 Å². The third-order valence-corrected chi connectivity index (χ3v) is 23.0. The maximum atomic E-state index is 13.5. The summed E-state index contributed by atoms with van der Waals surface area (Å²) < 4.78 is 34.5. The van der Waals surface area contributed by atoms with Crippen molar-refractivity contribution in [3.8, 4) is 0 Å². The maximum absolute atomic E-state index is 13.5. The Labute approximate surface area is 658 Å². The lowest BCUT2D eigenvalue weighted by atomic mass is 9.96. The number of hydrogen-bond donors (Lipinski definition) is 12. The van der Waals surface area contributed by atoms with Gasteiger partial charge in [-0.1, -0.05) is 391 Å². The molecule has 108 heavy (non-hydrogen) atoms. The molecule has 3 rings (SSSR count). The zero-order valence-corrected chi connectivity index (χ0v) is 68.9. The van der Waals surface area contributed by atoms with Crippen LogP contribution in [0.15, 0.2) is 24.3 Å². The second-order valence-electron chi connectivity index (χ2n) is 32.8. The number of nitrogens with one attached hydrogen (secondary N) is 1. The fourth-order valence-electron chi connectivity index (χ4n) is 15.7. The van der Waals surface area contributed by atoms with Crippen molar-refractivity contribution in [2.75, 3.05) is 26.4 Å². The topological polar surface area (TPSA) is 307 Å². The molecule has 19 heteroatoms. The van der Waals surface area contributed by atoms with Gasteiger partial charge >= 0.3 is 0 Å². The lowest BCUT2D eigenvalue weighted by Gasteiger charge is -2.48. The van der Waals surface area contributed by atoms with Crippen LogP contribution in [0.5, 0.6) is 0 Å². The molecule has 0 aromatic heterocycles. The predicted molar refractivity (Wildman–Crippen MR) is 434 cm³/mol. The van der Waals surface area contributed by atoms with E-state index in [0.717, 1.165) is 38.5 Å². The molecular weight excluding hydrogens is 1370 g/mol. The standard InChI is InChI=1S/C89H169NO18/c1-3-5-7-9-11-13-15-17-19-21-23-25-27-29-31-33-35-37-39-41-43-45-47-49-51-53-55-57-59-61-63-65-67-77(95)90-72(73(94)66-64-62-60-58-56-54-52-50-48-46-44-42-40-38-36-34-32-30-28-26-24-22-20-18-16-14-12-10-8-6-4-2)71-103-87-83(101)80(98)85(75(69-92)105-87)108-89-84(102)81(99)86(76(70-93)106-89)107-88-82(100)79(97)78(96)74(68-91)104-88/h56,58,64,66,72-76,78-89,91-94,96-102H,3-55,57,59-63,65,67-71H2,1-2H3,(H,90,95)/b58-56+,66-64+. The smallest absolute Gasteiger partial charge is 0.220 e. The first-order valence-electron chi connectivity index (χ1n) is 45.6. The zero-order chi connectivity index (χ0) is 78.1. The minimum atomic E-state index is -1.98. The van der Waals surface area contributed by atoms with E-state index in [1.54, 1.807) is 6.08 Å². The highest BCUT2D eigenvalue weighted by molar-refractivity contribution is 5.76. The van der Waals surface area contributed by atoms with Crippen molar-refractivity contribution >= 4 is 5.91 Å². The van der Waals surface area contributed by atoms with E-state index >= 15 is 0 Å². The highest BCUT2D eigenvalue weighted by Gasteiger charge is 2.54. The van der Waals surface area contributed by atoms with Crippen LogP contribution in [0.2, 0.25) is 0 Å². The highest BCUT2D eigenvalue weighted by Crippen LogP contribution is 2.34. The van der Waals surface area contributed by atoms with Crippen molar-refractivity contribution in [1.29, 1.82) is 0 Å². The molecule has 3 fully saturated rings. The van der Waals surface area contributed by atoms with Crippen LogP contribution in [0.4, 0.5) is 0 Å². The van der Waals surface area contributed by atoms with E-state index in [1.807, 2.05) is 6.08 Å². The summed E-state index contributed by atoms with van der Waals surface area (Å²) in [5, 5.41) is 121. The SMILES string of the molecule is CCCCCCCCCCCCCCCCCCCCCCCCCCC/C=C/CC/C=C/C(O)C(COC1OC(CO)C(OC2OC(CO)C(OC3OC(CO)C(O)C(O)C3O)C(O)C2O)C(O)C1O)NC(=O)CCCCCCCCCCCCCCCCCCCCCCCCCCCCCCCCCC. The molecule has 0 bridgehead atoms. The predicted octanol–water partition coefficient (Wildman–Crippen LogP) is 17.2. The van der Waals surface area contributed by atoms with E-state index in [0.29, 0.717) is 12.8 Å². The number of unbranched alkanes of at least 4 members (excludes halogenated alkanes) is 57. The first-order valence-corrected chi connectivity index (χ1v) is 45.6. The van der Waals surface area contributed by atoms with Crippen molar-refractivity contribution in [1.82, 2.24) is 5.32 Å². The Kier molecular flexibility index (Phi) is 64.7. The van der Waals surface area contributed by atoms with Gasteiger partial charge in [-0.3, -0.25) is 4.79 Å². The number of hydrogen-bond acceptors (Lipinski definition) is 18. The summed E-state index contributed by atoms with van der Waals surface area (Å²) in [6, 6.07) is -0.989. The van der Waals surface area contributed by atoms with Crippen molar-refractivity contribution in [3.05, 3.63) is 24.3 Å². The molecule has 17 atom stereocenters. The van der Waals surface area contributed by atoms with Crippen LogP contribution in [0.1, 0.15) is 406 Å². The number of rotatable bonds is 75. The van der Waals surface area contributed by atoms with Crippen LogP contribution in [-0.4, -0.2) is 193 Å². The third kappa shape index (κ3) is 48.0. The number of carbonyl (C=O) groups excluding carboxylic acids is 1. The molecule has 3 saturated heterocycles. The molecule has 19 nitrogen and oxygen atoms in total. The Morgan fingerprint density at radius 1 is 0.324 bits per heavy atom. The molecule has 17 unspecified atom stereocenters. The summed E-state index contributed by atoms with van der Waals surface area (Å²) in [6.07, 6.45) is 60.6. The molecule has 0 spiro atoms. The zero-order valence-electron chi connectivity index (χ0n) is 68.9. The van der Waals surface area contributed by atoms with Gasteiger partial charge in [0.15, 0.2) is 18.9 Å². The summed E-state index contributed by atoms with van der Waals surface area (Å²) >= 11 is 0. The molecule has 0 radical (unpaired) electrons. The lowest BCUT2D eigenvalue weighted by molar-refractivity contribution is -0.379. The minimum Gasteiger partial charge on any atom is -0.394 e. The van der Waals surface area contributed by atoms with Crippen LogP contribution in [0.3, 0.4) is 0 Å². The van der Waals surface area contributed by atoms with Gasteiger partial charge in [0, 0.05) is 6.42 Å². The van der Waals surface area contributed by atoms with E-state index in [9.17, 15) is 61.0 Å². The van der Waals surface area contributed by atoms with Crippen molar-refractivity contribution in [2.45, 2.75) is 510 Å². The first-order chi connectivity index (χ1) is 52.8. The molecule has 0 aromatic carbocycles. The lowest BCUT2D eigenvalue weighted by Crippen LogP contribution is -2.66. The minimum absolute atomic E-state index is 0.241. The number of allylic oxidation sites excluding steroid dienone is 3. The van der Waals surface area contributed by atoms with Crippen LogP contribution in [0, 0.1) is 0 Å². The van der Waals surface area contributed by atoms with Gasteiger partial charge in [0.2, 0.25) is 5.91 Å². The number of ether oxygens (including phenoxy) is 6. The van der Waals surface area contributed by atoms with Crippen molar-refractivity contribution in [2.24, 2.45) is 0 Å². The highest BCUT2D eigenvalue weighted by atomic mass is 16.8. The second-order valence-corrected chi connectivity index (χ2v) is 32.8. The molecule has 0 saturated carbocycles. The van der Waals surface area contributed by atoms with Crippen molar-refractivity contribution < 1.29 is 89.4 Å². The molecule has 3 heterocycles. The van der Waals surface area contributed by atoms with Crippen LogP contribution in [0.25, 0.3) is 0 Å². The van der Waals surface area contributed by atoms with E-state index in [1.165, 1.54) is 334 Å². The van der Waals surface area contributed by atoms with Crippen LogP contribution >= 0.6 is 0 Å². The van der Waals surface area contributed by atoms with E-state index in [4.69, 9.17) is 28.4 Å². The fraction of sp³-hybridized carbons (Fsp3) is 0.944. The molecule has 3 aliphatic heterocycles. The molecule has 0 aliphatic carbocycles. The number of aliphatic hydroxyl groups is 11. The second kappa shape index (κ2) is 69.6. The quantitative estimate of drug-likeness (QED) is 0.0199. The molecule has 1 amide bonds. The summed E-state index contributed by atoms with van der Waals surface area (Å²) in [6.45, 7) is 1.80. The Balaban J connectivity index is 1.33. The largest absolute Gasteiger partial charge is 0.394 e. The Hall–Kier alpha value is -1.73. The third-order valence-electron chi connectivity index (χ3n) is 23.0. The summed E-state index contributed by atoms with van der Waals surface area (Å²) in [4.78, 5) is 13.5. The van der Waals surface area contributed by atoms with Gasteiger partial charge in [0.25, 0.3) is 0 Å². The summed E-state index contributed by atoms with van der Waals surface area (Å²) in [7, 11) is 0. The monoisotopic (exact) mass is 1540 g/mol. The van der Waals surface area contributed by atoms with Gasteiger partial charge in [0.1, 0.15) is 73.2 Å². The first kappa shape index (κ1) is 100. The number of aliphatic hydroxyl groups excluding tert-OH is 11. The van der Waals surface area contributed by atoms with Crippen LogP contribution < -0.4 is 5.32 Å². The summed E-state index contributed by atoms with van der Waals surface area (Å²) in [5.74, 6) is -0.275. The average Bonchev–Trinajstić information content (AvgIpc) is 0.779. The summed E-state index contributed by atoms with van der Waals surface area (Å²) in [5.41, 5.74) is 0. The normalized spacial score (nSPS) is 25.4. The van der Waals surface area contributed by atoms with Gasteiger partial charge in [-0.15, -0.1) is 0 Å². The maximum Gasteiger partial charge on any atom is 0.220 e. The average molecular weight is 1540 g/mol. The van der Waals surface area contributed by atoms with Crippen LogP contribution in [-0.2, 0) is 33.2 Å². The van der Waals surface area contributed by atoms with E-state index in [2.05, 4.69) is 31.3 Å². The Bertz CT molecular complexity index is 2040. The fourth-order valence-corrected chi connectivity index (χ4v) is 15.7. The Morgan fingerprint density at radius 2 is 0.593 bits per heavy atom. The molecule has 12 N–H and O–H groups in total. The molecule has 3 aliphatic rings. The molecule has 0 aromatic rings. The molecule has 638 valence electrons. The molecular formula is C89H169NO18. The van der Waals surface area contributed by atoms with E-state index in [-0.39, 0.29) is 18.9 Å². The van der Waals surface area contributed by atoms with Gasteiger partial charge in [0.05, 0.1) is 38.6 Å². The van der Waals surface area contributed by atoms with Gasteiger partial charge in [-0.05, 0) is 32.1 Å². The van der Waals surface area contributed by atoms with Gasteiger partial charge in [-0.25, -0.2) is 0 Å². The Morgan fingerprint density at radius 3 is 0.926 bits per heavy atom.